The predicted molar refractivity (Wildman–Crippen MR) is 76.9 cm³/mol. The molecule has 1 saturated heterocycles. The summed E-state index contributed by atoms with van der Waals surface area (Å²) in [5.41, 5.74) is 1.03. The average Bonchev–Trinajstić information content (AvgIpc) is 2.83. The van der Waals surface area contributed by atoms with E-state index in [1.165, 1.54) is 12.8 Å². The van der Waals surface area contributed by atoms with Crippen molar-refractivity contribution in [2.45, 2.75) is 31.8 Å². The van der Waals surface area contributed by atoms with Gasteiger partial charge in [0.05, 0.1) is 25.4 Å². The molecule has 0 amide bonds. The third-order valence-corrected chi connectivity index (χ3v) is 4.52. The second-order valence-electron chi connectivity index (χ2n) is 5.94. The lowest BCUT2D eigenvalue weighted by Gasteiger charge is -2.44. The second kappa shape index (κ2) is 5.66. The molecule has 1 aliphatic heterocycles. The Labute approximate surface area is 120 Å². The van der Waals surface area contributed by atoms with Crippen LogP contribution in [0.15, 0.2) is 12.4 Å². The Bertz CT molecular complexity index is 451. The van der Waals surface area contributed by atoms with Gasteiger partial charge in [0.2, 0.25) is 5.95 Å². The van der Waals surface area contributed by atoms with E-state index in [2.05, 4.69) is 14.9 Å². The molecular formula is C15H23N3O2. The van der Waals surface area contributed by atoms with Gasteiger partial charge in [0.25, 0.3) is 0 Å². The van der Waals surface area contributed by atoms with Gasteiger partial charge >= 0.3 is 0 Å². The molecule has 2 atom stereocenters. The monoisotopic (exact) mass is 277 g/mol. The van der Waals surface area contributed by atoms with Gasteiger partial charge in [-0.1, -0.05) is 6.42 Å². The van der Waals surface area contributed by atoms with Crippen LogP contribution in [0.2, 0.25) is 0 Å². The van der Waals surface area contributed by atoms with Crippen molar-refractivity contribution in [2.24, 2.45) is 5.92 Å². The molecule has 0 unspecified atom stereocenters. The van der Waals surface area contributed by atoms with Gasteiger partial charge in [0, 0.05) is 32.0 Å². The van der Waals surface area contributed by atoms with Crippen LogP contribution in [0.3, 0.4) is 0 Å². The first-order chi connectivity index (χ1) is 9.73. The first kappa shape index (κ1) is 13.8. The Morgan fingerprint density at radius 1 is 1.45 bits per heavy atom. The number of nitrogens with zero attached hydrogens (tertiary/aromatic N) is 3. The maximum absolute atomic E-state index is 6.19. The minimum atomic E-state index is -0.0670. The molecule has 1 saturated carbocycles. The van der Waals surface area contributed by atoms with Crippen LogP contribution < -0.4 is 4.90 Å². The van der Waals surface area contributed by atoms with Gasteiger partial charge in [-0.15, -0.1) is 0 Å². The first-order valence-electron chi connectivity index (χ1n) is 7.40. The summed E-state index contributed by atoms with van der Waals surface area (Å²) in [5.74, 6) is 1.31. The summed E-state index contributed by atoms with van der Waals surface area (Å²) in [5, 5.41) is 0. The van der Waals surface area contributed by atoms with Crippen LogP contribution in [0.4, 0.5) is 5.95 Å². The quantitative estimate of drug-likeness (QED) is 0.843. The van der Waals surface area contributed by atoms with E-state index in [1.807, 2.05) is 19.3 Å². The van der Waals surface area contributed by atoms with Crippen molar-refractivity contribution in [3.63, 3.8) is 0 Å². The Morgan fingerprint density at radius 2 is 2.25 bits per heavy atom. The predicted octanol–water partition coefficient (Wildman–Crippen LogP) is 1.81. The van der Waals surface area contributed by atoms with E-state index in [4.69, 9.17) is 9.47 Å². The molecule has 0 aromatic carbocycles. The van der Waals surface area contributed by atoms with Crippen LogP contribution in [0.25, 0.3) is 0 Å². The lowest BCUT2D eigenvalue weighted by molar-refractivity contribution is -0.0954. The van der Waals surface area contributed by atoms with Crippen LogP contribution >= 0.6 is 0 Å². The van der Waals surface area contributed by atoms with Crippen LogP contribution in [0.1, 0.15) is 24.8 Å². The smallest absolute Gasteiger partial charge is 0.225 e. The normalized spacial score (nSPS) is 30.1. The van der Waals surface area contributed by atoms with Crippen molar-refractivity contribution >= 4 is 5.95 Å². The summed E-state index contributed by atoms with van der Waals surface area (Å²) in [7, 11) is 1.77. The molecule has 0 bridgehead atoms. The largest absolute Gasteiger partial charge is 0.384 e. The molecule has 5 nitrogen and oxygen atoms in total. The number of aromatic nitrogens is 2. The maximum Gasteiger partial charge on any atom is 0.225 e. The SMILES string of the molecule is COC[C@@H]1CCC[C@]12CN(c1ncc(C)cn1)CCO2. The standard InChI is InChI=1S/C15H23N3O2/c1-12-8-16-14(17-9-12)18-6-7-20-15(11-18)5-3-4-13(15)10-19-2/h8-9,13H,3-7,10-11H2,1-2H3/t13-,15-/m0/s1. The van der Waals surface area contributed by atoms with Crippen molar-refractivity contribution in [2.75, 3.05) is 38.3 Å². The molecule has 110 valence electrons. The number of rotatable bonds is 3. The minimum absolute atomic E-state index is 0.0670. The Balaban J connectivity index is 1.77. The molecule has 0 radical (unpaired) electrons. The number of aryl methyl sites for hydroxylation is 1. The van der Waals surface area contributed by atoms with Gasteiger partial charge in [0.15, 0.2) is 0 Å². The summed E-state index contributed by atoms with van der Waals surface area (Å²) in [6, 6.07) is 0. The zero-order valence-corrected chi connectivity index (χ0v) is 12.3. The summed E-state index contributed by atoms with van der Waals surface area (Å²) < 4.78 is 11.6. The molecule has 3 rings (SSSR count). The zero-order valence-electron chi connectivity index (χ0n) is 12.3. The summed E-state index contributed by atoms with van der Waals surface area (Å²) in [6.45, 7) is 5.28. The summed E-state index contributed by atoms with van der Waals surface area (Å²) in [6.07, 6.45) is 7.29. The van der Waals surface area contributed by atoms with Crippen LogP contribution in [0, 0.1) is 12.8 Å². The van der Waals surface area contributed by atoms with Crippen molar-refractivity contribution in [1.29, 1.82) is 0 Å². The van der Waals surface area contributed by atoms with E-state index < -0.39 is 0 Å². The highest BCUT2D eigenvalue weighted by Gasteiger charge is 2.47. The Morgan fingerprint density at radius 3 is 3.00 bits per heavy atom. The summed E-state index contributed by atoms with van der Waals surface area (Å²) in [4.78, 5) is 11.2. The Hall–Kier alpha value is -1.20. The van der Waals surface area contributed by atoms with E-state index >= 15 is 0 Å². The van der Waals surface area contributed by atoms with Crippen molar-refractivity contribution < 1.29 is 9.47 Å². The molecule has 5 heteroatoms. The van der Waals surface area contributed by atoms with Gasteiger partial charge in [-0.2, -0.15) is 0 Å². The topological polar surface area (TPSA) is 47.5 Å². The van der Waals surface area contributed by atoms with E-state index in [0.29, 0.717) is 5.92 Å². The fourth-order valence-corrected chi connectivity index (χ4v) is 3.48. The highest BCUT2D eigenvalue weighted by molar-refractivity contribution is 5.32. The average molecular weight is 277 g/mol. The van der Waals surface area contributed by atoms with E-state index in [0.717, 1.165) is 44.2 Å². The van der Waals surface area contributed by atoms with E-state index in [9.17, 15) is 0 Å². The van der Waals surface area contributed by atoms with Crippen LogP contribution in [-0.4, -0.2) is 49.0 Å². The van der Waals surface area contributed by atoms with Crippen LogP contribution in [0.5, 0.6) is 0 Å². The lowest BCUT2D eigenvalue weighted by atomic mass is 9.89. The molecular weight excluding hydrogens is 254 g/mol. The van der Waals surface area contributed by atoms with E-state index in [-0.39, 0.29) is 5.60 Å². The molecule has 1 aromatic heterocycles. The van der Waals surface area contributed by atoms with E-state index in [1.54, 1.807) is 7.11 Å². The van der Waals surface area contributed by atoms with Crippen LogP contribution in [-0.2, 0) is 9.47 Å². The molecule has 1 spiro atoms. The van der Waals surface area contributed by atoms with Crippen molar-refractivity contribution in [3.05, 3.63) is 18.0 Å². The number of hydrogen-bond acceptors (Lipinski definition) is 5. The zero-order chi connectivity index (χ0) is 14.0. The molecule has 2 fully saturated rings. The minimum Gasteiger partial charge on any atom is -0.384 e. The second-order valence-corrected chi connectivity index (χ2v) is 5.94. The van der Waals surface area contributed by atoms with Gasteiger partial charge in [-0.25, -0.2) is 9.97 Å². The number of ether oxygens (including phenoxy) is 2. The lowest BCUT2D eigenvalue weighted by Crippen LogP contribution is -2.55. The number of hydrogen-bond donors (Lipinski definition) is 0. The Kier molecular flexibility index (Phi) is 3.89. The summed E-state index contributed by atoms with van der Waals surface area (Å²) >= 11 is 0. The van der Waals surface area contributed by atoms with Crippen molar-refractivity contribution in [1.82, 2.24) is 9.97 Å². The van der Waals surface area contributed by atoms with Gasteiger partial charge in [-0.3, -0.25) is 0 Å². The van der Waals surface area contributed by atoms with Crippen molar-refractivity contribution in [3.8, 4) is 0 Å². The van der Waals surface area contributed by atoms with Gasteiger partial charge in [-0.05, 0) is 25.3 Å². The molecule has 1 aliphatic carbocycles. The highest BCUT2D eigenvalue weighted by Crippen LogP contribution is 2.41. The van der Waals surface area contributed by atoms with Gasteiger partial charge < -0.3 is 14.4 Å². The molecule has 2 aliphatic rings. The number of methoxy groups -OCH3 is 1. The molecule has 2 heterocycles. The fraction of sp³-hybridized carbons (Fsp3) is 0.733. The number of morpholine rings is 1. The molecule has 1 aromatic rings. The van der Waals surface area contributed by atoms with Gasteiger partial charge in [0.1, 0.15) is 0 Å². The first-order valence-corrected chi connectivity index (χ1v) is 7.40. The molecule has 20 heavy (non-hydrogen) atoms. The number of anilines is 1. The third-order valence-electron chi connectivity index (χ3n) is 4.52. The third kappa shape index (κ3) is 2.52. The highest BCUT2D eigenvalue weighted by atomic mass is 16.5. The maximum atomic E-state index is 6.19. The fourth-order valence-electron chi connectivity index (χ4n) is 3.48. The molecule has 0 N–H and O–H groups in total.